The highest BCUT2D eigenvalue weighted by molar-refractivity contribution is 6.32. The van der Waals surface area contributed by atoms with E-state index >= 15 is 0 Å². The van der Waals surface area contributed by atoms with Crippen molar-refractivity contribution in [2.45, 2.75) is 25.4 Å². The lowest BCUT2D eigenvalue weighted by molar-refractivity contribution is -0.136. The van der Waals surface area contributed by atoms with E-state index in [0.717, 1.165) is 0 Å². The zero-order valence-electron chi connectivity index (χ0n) is 10.9. The van der Waals surface area contributed by atoms with Crippen molar-refractivity contribution in [3.8, 4) is 6.07 Å². The molecule has 0 aliphatic carbocycles. The van der Waals surface area contributed by atoms with Gasteiger partial charge >= 0.3 is 0 Å². The maximum Gasteiger partial charge on any atom is 0.256 e. The van der Waals surface area contributed by atoms with E-state index in [1.807, 2.05) is 6.07 Å². The van der Waals surface area contributed by atoms with Crippen molar-refractivity contribution in [1.29, 1.82) is 5.26 Å². The summed E-state index contributed by atoms with van der Waals surface area (Å²) < 4.78 is 0. The number of benzene rings is 1. The van der Waals surface area contributed by atoms with E-state index in [2.05, 4.69) is 5.32 Å². The van der Waals surface area contributed by atoms with Gasteiger partial charge in [0.05, 0.1) is 16.1 Å². The Hall–Kier alpha value is -2.39. The standard InChI is InChI=1S/C14H10ClN3O3/c15-9-2-1-7-6-18(14(21)12(7)8(9)5-16)10-3-4-11(19)17-13(10)20/h1-2,10H,3-4,6H2,(H,17,19,20). The summed E-state index contributed by atoms with van der Waals surface area (Å²) in [5.74, 6) is -1.20. The van der Waals surface area contributed by atoms with Crippen molar-refractivity contribution in [3.05, 3.63) is 33.8 Å². The van der Waals surface area contributed by atoms with Gasteiger partial charge in [0, 0.05) is 13.0 Å². The van der Waals surface area contributed by atoms with Gasteiger partial charge < -0.3 is 4.90 Å². The maximum absolute atomic E-state index is 12.5. The first-order chi connectivity index (χ1) is 10.0. The van der Waals surface area contributed by atoms with Gasteiger partial charge in [0.25, 0.3) is 5.91 Å². The quantitative estimate of drug-likeness (QED) is 0.783. The van der Waals surface area contributed by atoms with Gasteiger partial charge in [0.1, 0.15) is 12.1 Å². The summed E-state index contributed by atoms with van der Waals surface area (Å²) in [6, 6.07) is 4.50. The summed E-state index contributed by atoms with van der Waals surface area (Å²) in [4.78, 5) is 37.0. The zero-order chi connectivity index (χ0) is 15.1. The maximum atomic E-state index is 12.5. The number of amides is 3. The molecule has 2 heterocycles. The fraction of sp³-hybridized carbons (Fsp3) is 0.286. The summed E-state index contributed by atoms with van der Waals surface area (Å²) in [7, 11) is 0. The average molecular weight is 304 g/mol. The molecule has 3 amide bonds. The van der Waals surface area contributed by atoms with Crippen molar-refractivity contribution in [1.82, 2.24) is 10.2 Å². The Morgan fingerprint density at radius 1 is 1.33 bits per heavy atom. The second kappa shape index (κ2) is 4.86. The molecule has 2 aliphatic rings. The molecular weight excluding hydrogens is 294 g/mol. The number of halogens is 1. The fourth-order valence-corrected chi connectivity index (χ4v) is 2.94. The Balaban J connectivity index is 1.96. The highest BCUT2D eigenvalue weighted by Gasteiger charge is 2.40. The third kappa shape index (κ3) is 2.06. The number of nitriles is 1. The number of hydrogen-bond acceptors (Lipinski definition) is 4. The molecule has 3 rings (SSSR count). The van der Waals surface area contributed by atoms with Crippen LogP contribution < -0.4 is 5.32 Å². The Labute approximate surface area is 125 Å². The van der Waals surface area contributed by atoms with Crippen LogP contribution in [-0.2, 0) is 16.1 Å². The van der Waals surface area contributed by atoms with Gasteiger partial charge in [0.15, 0.2) is 0 Å². The van der Waals surface area contributed by atoms with Crippen LogP contribution in [0.25, 0.3) is 0 Å². The number of piperidine rings is 1. The lowest BCUT2D eigenvalue weighted by Gasteiger charge is -2.29. The molecule has 1 N–H and O–H groups in total. The lowest BCUT2D eigenvalue weighted by atomic mass is 10.0. The Kier molecular flexibility index (Phi) is 3.15. The van der Waals surface area contributed by atoms with Crippen LogP contribution in [-0.4, -0.2) is 28.7 Å². The van der Waals surface area contributed by atoms with Gasteiger partial charge in [-0.15, -0.1) is 0 Å². The van der Waals surface area contributed by atoms with Gasteiger partial charge in [0.2, 0.25) is 11.8 Å². The number of fused-ring (bicyclic) bond motifs is 1. The third-order valence-electron chi connectivity index (χ3n) is 3.75. The number of rotatable bonds is 1. The molecule has 6 nitrogen and oxygen atoms in total. The van der Waals surface area contributed by atoms with E-state index in [-0.39, 0.29) is 35.0 Å². The highest BCUT2D eigenvalue weighted by Crippen LogP contribution is 2.32. The third-order valence-corrected chi connectivity index (χ3v) is 4.07. The molecule has 0 aromatic heterocycles. The number of carbonyl (C=O) groups is 3. The number of imide groups is 1. The molecule has 106 valence electrons. The lowest BCUT2D eigenvalue weighted by Crippen LogP contribution is -2.52. The minimum atomic E-state index is -0.687. The van der Waals surface area contributed by atoms with Crippen LogP contribution in [0.1, 0.15) is 34.3 Å². The van der Waals surface area contributed by atoms with E-state index < -0.39 is 17.9 Å². The van der Waals surface area contributed by atoms with Crippen molar-refractivity contribution in [3.63, 3.8) is 0 Å². The topological polar surface area (TPSA) is 90.3 Å². The van der Waals surface area contributed by atoms with Crippen LogP contribution in [0, 0.1) is 11.3 Å². The zero-order valence-corrected chi connectivity index (χ0v) is 11.6. The summed E-state index contributed by atoms with van der Waals surface area (Å²) in [6.45, 7) is 0.242. The molecule has 1 unspecified atom stereocenters. The molecule has 7 heteroatoms. The second-order valence-electron chi connectivity index (χ2n) is 4.97. The molecule has 0 saturated carbocycles. The van der Waals surface area contributed by atoms with Crippen LogP contribution in [0.2, 0.25) is 5.02 Å². The number of hydrogen-bond donors (Lipinski definition) is 1. The van der Waals surface area contributed by atoms with Crippen molar-refractivity contribution >= 4 is 29.3 Å². The van der Waals surface area contributed by atoms with Gasteiger partial charge in [-0.3, -0.25) is 19.7 Å². The first kappa shape index (κ1) is 13.6. The molecule has 0 spiro atoms. The minimum Gasteiger partial charge on any atom is -0.322 e. The first-order valence-corrected chi connectivity index (χ1v) is 6.77. The van der Waals surface area contributed by atoms with Crippen molar-refractivity contribution < 1.29 is 14.4 Å². The minimum absolute atomic E-state index is 0.133. The number of nitrogens with zero attached hydrogens (tertiary/aromatic N) is 2. The molecule has 1 saturated heterocycles. The summed E-state index contributed by atoms with van der Waals surface area (Å²) in [5, 5.41) is 11.6. The largest absolute Gasteiger partial charge is 0.322 e. The molecule has 1 aromatic carbocycles. The van der Waals surface area contributed by atoms with E-state index in [1.54, 1.807) is 12.1 Å². The van der Waals surface area contributed by atoms with E-state index in [0.29, 0.717) is 12.0 Å². The van der Waals surface area contributed by atoms with Gasteiger partial charge in [-0.05, 0) is 18.1 Å². The van der Waals surface area contributed by atoms with Crippen molar-refractivity contribution in [2.24, 2.45) is 0 Å². The molecule has 0 radical (unpaired) electrons. The smallest absolute Gasteiger partial charge is 0.256 e. The Morgan fingerprint density at radius 3 is 2.76 bits per heavy atom. The molecule has 2 aliphatic heterocycles. The molecule has 1 atom stereocenters. The Bertz CT molecular complexity index is 723. The van der Waals surface area contributed by atoms with Crippen LogP contribution in [0.4, 0.5) is 0 Å². The van der Waals surface area contributed by atoms with Gasteiger partial charge in [-0.1, -0.05) is 17.7 Å². The monoisotopic (exact) mass is 303 g/mol. The van der Waals surface area contributed by atoms with Gasteiger partial charge in [-0.25, -0.2) is 0 Å². The van der Waals surface area contributed by atoms with E-state index in [9.17, 15) is 14.4 Å². The summed E-state index contributed by atoms with van der Waals surface area (Å²) in [5.41, 5.74) is 1.06. The first-order valence-electron chi connectivity index (χ1n) is 6.39. The SMILES string of the molecule is N#Cc1c(Cl)ccc2c1C(=O)N(C1CCC(=O)NC1=O)C2. The van der Waals surface area contributed by atoms with E-state index in [1.165, 1.54) is 4.90 Å². The number of carbonyl (C=O) groups excluding carboxylic acids is 3. The number of nitrogens with one attached hydrogen (secondary N) is 1. The van der Waals surface area contributed by atoms with Crippen LogP contribution in [0.15, 0.2) is 12.1 Å². The molecule has 1 aromatic rings. The molecular formula is C14H10ClN3O3. The normalized spacial score (nSPS) is 21.0. The molecule has 21 heavy (non-hydrogen) atoms. The predicted octanol–water partition coefficient (Wildman–Crippen LogP) is 0.973. The fourth-order valence-electron chi connectivity index (χ4n) is 2.74. The Morgan fingerprint density at radius 2 is 2.10 bits per heavy atom. The summed E-state index contributed by atoms with van der Waals surface area (Å²) >= 11 is 5.94. The molecule has 1 fully saturated rings. The highest BCUT2D eigenvalue weighted by atomic mass is 35.5. The van der Waals surface area contributed by atoms with Crippen LogP contribution in [0.5, 0.6) is 0 Å². The van der Waals surface area contributed by atoms with Crippen LogP contribution in [0.3, 0.4) is 0 Å². The average Bonchev–Trinajstić information content (AvgIpc) is 2.77. The predicted molar refractivity (Wildman–Crippen MR) is 72.2 cm³/mol. The van der Waals surface area contributed by atoms with E-state index in [4.69, 9.17) is 16.9 Å². The molecule has 0 bridgehead atoms. The van der Waals surface area contributed by atoms with Crippen LogP contribution >= 0.6 is 11.6 Å². The van der Waals surface area contributed by atoms with Gasteiger partial charge in [-0.2, -0.15) is 5.26 Å². The summed E-state index contributed by atoms with van der Waals surface area (Å²) in [6.07, 6.45) is 0.489. The van der Waals surface area contributed by atoms with Crippen molar-refractivity contribution in [2.75, 3.05) is 0 Å². The second-order valence-corrected chi connectivity index (χ2v) is 5.38.